The van der Waals surface area contributed by atoms with E-state index in [2.05, 4.69) is 32.5 Å². The minimum absolute atomic E-state index is 0.396. The first-order valence-electron chi connectivity index (χ1n) is 4.35. The SMILES string of the molecule is CC(C)(C)C1CSCCC1N. The van der Waals surface area contributed by atoms with Gasteiger partial charge in [0.1, 0.15) is 0 Å². The van der Waals surface area contributed by atoms with Gasteiger partial charge in [0.15, 0.2) is 0 Å². The Morgan fingerprint density at radius 2 is 2.00 bits per heavy atom. The van der Waals surface area contributed by atoms with Gasteiger partial charge in [-0.25, -0.2) is 0 Å². The van der Waals surface area contributed by atoms with Gasteiger partial charge in [0.05, 0.1) is 0 Å². The first-order chi connectivity index (χ1) is 5.02. The Labute approximate surface area is 74.1 Å². The van der Waals surface area contributed by atoms with E-state index in [1.807, 2.05) is 0 Å². The monoisotopic (exact) mass is 173 g/mol. The Hall–Kier alpha value is 0.310. The molecule has 66 valence electrons. The zero-order valence-electron chi connectivity index (χ0n) is 7.76. The predicted octanol–water partition coefficient (Wildman–Crippen LogP) is 2.11. The van der Waals surface area contributed by atoms with Gasteiger partial charge in [-0.2, -0.15) is 11.8 Å². The van der Waals surface area contributed by atoms with Crippen molar-refractivity contribution in [3.8, 4) is 0 Å². The molecule has 1 aliphatic heterocycles. The second-order valence-electron chi connectivity index (χ2n) is 4.50. The molecule has 1 nitrogen and oxygen atoms in total. The molecule has 0 radical (unpaired) electrons. The summed E-state index contributed by atoms with van der Waals surface area (Å²) in [6, 6.07) is 0.441. The van der Waals surface area contributed by atoms with Crippen LogP contribution in [0.2, 0.25) is 0 Å². The minimum Gasteiger partial charge on any atom is -0.327 e. The molecule has 0 aliphatic carbocycles. The molecule has 2 unspecified atom stereocenters. The number of rotatable bonds is 0. The zero-order valence-corrected chi connectivity index (χ0v) is 8.58. The molecule has 2 heteroatoms. The molecule has 1 rings (SSSR count). The van der Waals surface area contributed by atoms with Crippen molar-refractivity contribution in [2.45, 2.75) is 33.2 Å². The lowest BCUT2D eigenvalue weighted by atomic mass is 9.77. The summed E-state index contributed by atoms with van der Waals surface area (Å²) >= 11 is 2.05. The van der Waals surface area contributed by atoms with Gasteiger partial charge in [0.2, 0.25) is 0 Å². The third kappa shape index (κ3) is 2.38. The van der Waals surface area contributed by atoms with Crippen LogP contribution in [-0.4, -0.2) is 17.5 Å². The molecule has 0 saturated carbocycles. The summed E-state index contributed by atoms with van der Waals surface area (Å²) in [5.74, 6) is 3.22. The molecule has 1 heterocycles. The van der Waals surface area contributed by atoms with E-state index in [-0.39, 0.29) is 0 Å². The van der Waals surface area contributed by atoms with E-state index in [1.165, 1.54) is 17.9 Å². The van der Waals surface area contributed by atoms with Gasteiger partial charge in [-0.05, 0) is 29.3 Å². The Morgan fingerprint density at radius 1 is 1.36 bits per heavy atom. The lowest BCUT2D eigenvalue weighted by Gasteiger charge is -2.38. The molecule has 1 saturated heterocycles. The van der Waals surface area contributed by atoms with E-state index >= 15 is 0 Å². The molecule has 2 N–H and O–H groups in total. The molecule has 11 heavy (non-hydrogen) atoms. The van der Waals surface area contributed by atoms with Crippen molar-refractivity contribution >= 4 is 11.8 Å². The summed E-state index contributed by atoms with van der Waals surface area (Å²) in [6.45, 7) is 6.89. The first kappa shape index (κ1) is 9.40. The van der Waals surface area contributed by atoms with Gasteiger partial charge < -0.3 is 5.73 Å². The number of hydrogen-bond donors (Lipinski definition) is 1. The predicted molar refractivity (Wildman–Crippen MR) is 52.9 cm³/mol. The van der Waals surface area contributed by atoms with Crippen LogP contribution < -0.4 is 5.73 Å². The summed E-state index contributed by atoms with van der Waals surface area (Å²) in [7, 11) is 0. The summed E-state index contributed by atoms with van der Waals surface area (Å²) in [5, 5.41) is 0. The number of hydrogen-bond acceptors (Lipinski definition) is 2. The van der Waals surface area contributed by atoms with Crippen LogP contribution in [0.15, 0.2) is 0 Å². The van der Waals surface area contributed by atoms with E-state index in [1.54, 1.807) is 0 Å². The maximum absolute atomic E-state index is 6.05. The van der Waals surface area contributed by atoms with E-state index in [4.69, 9.17) is 5.73 Å². The molecule has 0 aromatic carbocycles. The fraction of sp³-hybridized carbons (Fsp3) is 1.00. The maximum Gasteiger partial charge on any atom is 0.00879 e. The second kappa shape index (κ2) is 3.36. The molecule has 0 aromatic heterocycles. The first-order valence-corrected chi connectivity index (χ1v) is 5.50. The molecule has 1 fully saturated rings. The van der Waals surface area contributed by atoms with Crippen LogP contribution in [0.4, 0.5) is 0 Å². The Morgan fingerprint density at radius 3 is 2.36 bits per heavy atom. The van der Waals surface area contributed by atoms with Crippen LogP contribution in [0.1, 0.15) is 27.2 Å². The Kier molecular flexibility index (Phi) is 2.87. The van der Waals surface area contributed by atoms with Crippen molar-refractivity contribution in [2.75, 3.05) is 11.5 Å². The lowest BCUT2D eigenvalue weighted by molar-refractivity contribution is 0.219. The Bertz CT molecular complexity index is 128. The van der Waals surface area contributed by atoms with E-state index in [9.17, 15) is 0 Å². The second-order valence-corrected chi connectivity index (χ2v) is 5.65. The van der Waals surface area contributed by atoms with Gasteiger partial charge >= 0.3 is 0 Å². The fourth-order valence-corrected chi connectivity index (χ4v) is 3.25. The molecule has 1 aliphatic rings. The summed E-state index contributed by atoms with van der Waals surface area (Å²) in [5.41, 5.74) is 6.45. The topological polar surface area (TPSA) is 26.0 Å². The normalized spacial score (nSPS) is 33.8. The average molecular weight is 173 g/mol. The standard InChI is InChI=1S/C9H19NS/c1-9(2,3)7-6-11-5-4-8(7)10/h7-8H,4-6,10H2,1-3H3. The molecule has 0 bridgehead atoms. The van der Waals surface area contributed by atoms with Crippen LogP contribution in [0.5, 0.6) is 0 Å². The molecule has 0 aromatic rings. The quantitative estimate of drug-likeness (QED) is 0.607. The molecular formula is C9H19NS. The van der Waals surface area contributed by atoms with E-state index in [0.29, 0.717) is 17.4 Å². The third-order valence-corrected chi connectivity index (χ3v) is 3.64. The highest BCUT2D eigenvalue weighted by Gasteiger charge is 2.31. The van der Waals surface area contributed by atoms with Gasteiger partial charge in [-0.1, -0.05) is 20.8 Å². The van der Waals surface area contributed by atoms with Crippen LogP contribution in [0, 0.1) is 11.3 Å². The third-order valence-electron chi connectivity index (χ3n) is 2.52. The molecule has 0 amide bonds. The maximum atomic E-state index is 6.05. The van der Waals surface area contributed by atoms with Crippen molar-refractivity contribution in [2.24, 2.45) is 17.1 Å². The number of thioether (sulfide) groups is 1. The van der Waals surface area contributed by atoms with Gasteiger partial charge in [-0.15, -0.1) is 0 Å². The largest absolute Gasteiger partial charge is 0.327 e. The summed E-state index contributed by atoms with van der Waals surface area (Å²) in [6.07, 6.45) is 1.20. The van der Waals surface area contributed by atoms with Crippen molar-refractivity contribution < 1.29 is 0 Å². The van der Waals surface area contributed by atoms with Crippen molar-refractivity contribution in [1.82, 2.24) is 0 Å². The zero-order chi connectivity index (χ0) is 8.48. The molecule has 2 atom stereocenters. The highest BCUT2D eigenvalue weighted by molar-refractivity contribution is 7.99. The minimum atomic E-state index is 0.396. The van der Waals surface area contributed by atoms with Crippen molar-refractivity contribution in [3.05, 3.63) is 0 Å². The van der Waals surface area contributed by atoms with Gasteiger partial charge in [0, 0.05) is 6.04 Å². The van der Waals surface area contributed by atoms with Crippen LogP contribution in [-0.2, 0) is 0 Å². The average Bonchev–Trinajstić information content (AvgIpc) is 1.86. The van der Waals surface area contributed by atoms with E-state index < -0.39 is 0 Å². The van der Waals surface area contributed by atoms with E-state index in [0.717, 1.165) is 0 Å². The van der Waals surface area contributed by atoms with Crippen molar-refractivity contribution in [1.29, 1.82) is 0 Å². The lowest BCUT2D eigenvalue weighted by Crippen LogP contribution is -2.42. The summed E-state index contributed by atoms with van der Waals surface area (Å²) in [4.78, 5) is 0. The molecular weight excluding hydrogens is 154 g/mol. The highest BCUT2D eigenvalue weighted by Crippen LogP contribution is 2.35. The van der Waals surface area contributed by atoms with Crippen LogP contribution in [0.3, 0.4) is 0 Å². The van der Waals surface area contributed by atoms with Crippen LogP contribution >= 0.6 is 11.8 Å². The van der Waals surface area contributed by atoms with Crippen molar-refractivity contribution in [3.63, 3.8) is 0 Å². The molecule has 0 spiro atoms. The van der Waals surface area contributed by atoms with Gasteiger partial charge in [-0.3, -0.25) is 0 Å². The van der Waals surface area contributed by atoms with Crippen LogP contribution in [0.25, 0.3) is 0 Å². The van der Waals surface area contributed by atoms with Gasteiger partial charge in [0.25, 0.3) is 0 Å². The highest BCUT2D eigenvalue weighted by atomic mass is 32.2. The number of nitrogens with two attached hydrogens (primary N) is 1. The fourth-order valence-electron chi connectivity index (χ4n) is 1.65. The Balaban J connectivity index is 2.55. The summed E-state index contributed by atoms with van der Waals surface area (Å²) < 4.78 is 0. The smallest absolute Gasteiger partial charge is 0.00879 e.